The second-order valence-corrected chi connectivity index (χ2v) is 12.4. The summed E-state index contributed by atoms with van der Waals surface area (Å²) in [6, 6.07) is 3.58. The van der Waals surface area contributed by atoms with Gasteiger partial charge in [0.25, 0.3) is 12.3 Å². The Morgan fingerprint density at radius 2 is 1.86 bits per heavy atom. The summed E-state index contributed by atoms with van der Waals surface area (Å²) in [5, 5.41) is 10.1. The molecule has 2 aliphatic carbocycles. The van der Waals surface area contributed by atoms with E-state index in [0.717, 1.165) is 58.3 Å². The topological polar surface area (TPSA) is 127 Å². The van der Waals surface area contributed by atoms with E-state index in [1.807, 2.05) is 6.07 Å². The smallest absolute Gasteiger partial charge is 0.284 e. The van der Waals surface area contributed by atoms with Gasteiger partial charge in [0.15, 0.2) is 11.4 Å². The van der Waals surface area contributed by atoms with E-state index in [1.54, 1.807) is 16.9 Å². The first kappa shape index (κ1) is 32.0. The standard InChI is InChI=1S/C32H46F2N8O2/c1-41(16-6-4-2-3-5-14-35)19-23-9-11-25(12-10-23)42-20-26(29(40-42)30(33)34)38-31(43)27-21-44-32(39-27)24-13-15-36-28(17-24)37-18-22-7-8-22/h13,15,17,20-23,25,30H,2-12,14,16,18-19,35H2,1H3,(H,36,37)(H,38,43). The largest absolute Gasteiger partial charge is 0.444 e. The fourth-order valence-corrected chi connectivity index (χ4v) is 5.96. The van der Waals surface area contributed by atoms with Crippen molar-refractivity contribution in [3.63, 3.8) is 0 Å². The number of rotatable bonds is 17. The molecule has 240 valence electrons. The summed E-state index contributed by atoms with van der Waals surface area (Å²) in [5.74, 6) is 1.61. The first-order valence-electron chi connectivity index (χ1n) is 16.1. The number of aromatic nitrogens is 4. The van der Waals surface area contributed by atoms with Crippen LogP contribution in [0.25, 0.3) is 11.5 Å². The van der Waals surface area contributed by atoms with Gasteiger partial charge in [-0.2, -0.15) is 5.10 Å². The highest BCUT2D eigenvalue weighted by molar-refractivity contribution is 6.03. The summed E-state index contributed by atoms with van der Waals surface area (Å²) < 4.78 is 35.1. The minimum atomic E-state index is -2.82. The maximum atomic E-state index is 14.0. The van der Waals surface area contributed by atoms with Crippen LogP contribution in [0.1, 0.15) is 99.3 Å². The minimum absolute atomic E-state index is 0.00153. The molecule has 3 heterocycles. The van der Waals surface area contributed by atoms with Gasteiger partial charge >= 0.3 is 0 Å². The lowest BCUT2D eigenvalue weighted by Gasteiger charge is -2.31. The molecule has 0 spiro atoms. The molecule has 4 N–H and O–H groups in total. The van der Waals surface area contributed by atoms with Gasteiger partial charge in [0.2, 0.25) is 5.89 Å². The van der Waals surface area contributed by atoms with E-state index in [-0.39, 0.29) is 23.3 Å². The zero-order valence-corrected chi connectivity index (χ0v) is 25.7. The van der Waals surface area contributed by atoms with Crippen LogP contribution in [0.15, 0.2) is 35.2 Å². The first-order valence-corrected chi connectivity index (χ1v) is 16.1. The van der Waals surface area contributed by atoms with Crippen LogP contribution in [0.3, 0.4) is 0 Å². The van der Waals surface area contributed by atoms with Gasteiger partial charge in [-0.3, -0.25) is 9.48 Å². The fourth-order valence-electron chi connectivity index (χ4n) is 5.96. The fraction of sp³-hybridized carbons (Fsp3) is 0.625. The van der Waals surface area contributed by atoms with Crippen molar-refractivity contribution < 1.29 is 18.0 Å². The van der Waals surface area contributed by atoms with Crippen LogP contribution in [0.5, 0.6) is 0 Å². The van der Waals surface area contributed by atoms with Gasteiger partial charge in [-0.15, -0.1) is 0 Å². The third-order valence-electron chi connectivity index (χ3n) is 8.73. The molecule has 2 fully saturated rings. The number of nitrogens with zero attached hydrogens (tertiary/aromatic N) is 5. The molecule has 0 bridgehead atoms. The van der Waals surface area contributed by atoms with Gasteiger partial charge in [-0.05, 0) is 95.5 Å². The van der Waals surface area contributed by atoms with Crippen LogP contribution in [0, 0.1) is 11.8 Å². The zero-order valence-electron chi connectivity index (χ0n) is 25.7. The monoisotopic (exact) mass is 612 g/mol. The number of carbonyl (C=O) groups excluding carboxylic acids is 1. The minimum Gasteiger partial charge on any atom is -0.444 e. The average Bonchev–Trinajstić information content (AvgIpc) is 3.54. The van der Waals surface area contributed by atoms with E-state index in [1.165, 1.54) is 51.0 Å². The number of hydrogen-bond donors (Lipinski definition) is 3. The zero-order chi connectivity index (χ0) is 30.9. The maximum Gasteiger partial charge on any atom is 0.284 e. The molecule has 1 amide bonds. The SMILES string of the molecule is CN(CCCCCCCN)CC1CCC(n2cc(NC(=O)c3coc(-c4ccnc(NCC5CC5)c4)n3)c(C(F)F)n2)CC1. The van der Waals surface area contributed by atoms with Crippen molar-refractivity contribution in [2.24, 2.45) is 17.6 Å². The van der Waals surface area contributed by atoms with Crippen molar-refractivity contribution in [1.29, 1.82) is 0 Å². The van der Waals surface area contributed by atoms with Gasteiger partial charge in [-0.1, -0.05) is 19.3 Å². The van der Waals surface area contributed by atoms with Gasteiger partial charge in [0.1, 0.15) is 12.1 Å². The van der Waals surface area contributed by atoms with E-state index >= 15 is 0 Å². The third kappa shape index (κ3) is 9.07. The Hall–Kier alpha value is -3.38. The molecule has 3 aromatic rings. The Labute approximate surface area is 258 Å². The van der Waals surface area contributed by atoms with Crippen LogP contribution in [0.2, 0.25) is 0 Å². The molecule has 3 aromatic heterocycles. The Bertz CT molecular complexity index is 1330. The van der Waals surface area contributed by atoms with E-state index in [2.05, 4.69) is 37.6 Å². The molecule has 0 aromatic carbocycles. The number of carbonyl (C=O) groups is 1. The molecule has 0 radical (unpaired) electrons. The van der Waals surface area contributed by atoms with Crippen molar-refractivity contribution in [1.82, 2.24) is 24.6 Å². The molecular weight excluding hydrogens is 566 g/mol. The lowest BCUT2D eigenvalue weighted by atomic mass is 9.86. The number of alkyl halides is 2. The number of nitrogens with two attached hydrogens (primary N) is 1. The number of unbranched alkanes of at least 4 members (excludes halogenated alkanes) is 4. The second kappa shape index (κ2) is 15.6. The van der Waals surface area contributed by atoms with Crippen molar-refractivity contribution in [3.8, 4) is 11.5 Å². The molecule has 0 saturated heterocycles. The summed E-state index contributed by atoms with van der Waals surface area (Å²) in [4.78, 5) is 24.1. The first-order chi connectivity index (χ1) is 21.4. The molecule has 0 unspecified atom stereocenters. The highest BCUT2D eigenvalue weighted by atomic mass is 19.3. The van der Waals surface area contributed by atoms with E-state index in [9.17, 15) is 13.6 Å². The van der Waals surface area contributed by atoms with E-state index in [4.69, 9.17) is 10.2 Å². The third-order valence-corrected chi connectivity index (χ3v) is 8.73. The summed E-state index contributed by atoms with van der Waals surface area (Å²) in [7, 11) is 2.18. The highest BCUT2D eigenvalue weighted by Gasteiger charge is 2.28. The number of anilines is 2. The van der Waals surface area contributed by atoms with Crippen LogP contribution in [-0.2, 0) is 0 Å². The molecule has 12 heteroatoms. The van der Waals surface area contributed by atoms with Crippen molar-refractivity contribution in [3.05, 3.63) is 42.2 Å². The molecule has 2 saturated carbocycles. The van der Waals surface area contributed by atoms with Gasteiger partial charge in [0.05, 0.1) is 11.7 Å². The number of oxazole rings is 1. The number of pyridine rings is 1. The summed E-state index contributed by atoms with van der Waals surface area (Å²) in [6.45, 7) is 3.79. The molecule has 0 aliphatic heterocycles. The molecule has 2 aliphatic rings. The number of nitrogens with one attached hydrogen (secondary N) is 2. The molecular formula is C32H46F2N8O2. The quantitative estimate of drug-likeness (QED) is 0.147. The Morgan fingerprint density at radius 1 is 1.11 bits per heavy atom. The number of amides is 1. The number of hydrogen-bond acceptors (Lipinski definition) is 8. The second-order valence-electron chi connectivity index (χ2n) is 12.4. The van der Waals surface area contributed by atoms with Crippen LogP contribution in [0.4, 0.5) is 20.3 Å². The van der Waals surface area contributed by atoms with Gasteiger partial charge in [0, 0.05) is 31.0 Å². The van der Waals surface area contributed by atoms with Gasteiger partial charge in [-0.25, -0.2) is 18.7 Å². The van der Waals surface area contributed by atoms with Crippen molar-refractivity contribution in [2.45, 2.75) is 83.1 Å². The Balaban J connectivity index is 1.13. The average molecular weight is 613 g/mol. The van der Waals surface area contributed by atoms with Crippen molar-refractivity contribution in [2.75, 3.05) is 43.9 Å². The van der Waals surface area contributed by atoms with Crippen molar-refractivity contribution >= 4 is 17.4 Å². The van der Waals surface area contributed by atoms with Gasteiger partial charge < -0.3 is 25.7 Å². The molecule has 44 heavy (non-hydrogen) atoms. The summed E-state index contributed by atoms with van der Waals surface area (Å²) in [6.07, 6.45) is 13.8. The lowest BCUT2D eigenvalue weighted by Crippen LogP contribution is -2.30. The summed E-state index contributed by atoms with van der Waals surface area (Å²) >= 11 is 0. The number of halogens is 2. The molecule has 0 atom stereocenters. The van der Waals surface area contributed by atoms with Crippen LogP contribution in [-0.4, -0.2) is 63.8 Å². The van der Waals surface area contributed by atoms with Crippen LogP contribution < -0.4 is 16.4 Å². The lowest BCUT2D eigenvalue weighted by molar-refractivity contribution is 0.102. The predicted molar refractivity (Wildman–Crippen MR) is 167 cm³/mol. The Kier molecular flexibility index (Phi) is 11.3. The molecule has 10 nitrogen and oxygen atoms in total. The van der Waals surface area contributed by atoms with Crippen LogP contribution >= 0.6 is 0 Å². The van der Waals surface area contributed by atoms with E-state index in [0.29, 0.717) is 23.2 Å². The predicted octanol–water partition coefficient (Wildman–Crippen LogP) is 6.52. The molecule has 5 rings (SSSR count). The normalized spacial score (nSPS) is 18.7. The highest BCUT2D eigenvalue weighted by Crippen LogP contribution is 2.35. The van der Waals surface area contributed by atoms with E-state index < -0.39 is 18.0 Å². The maximum absolute atomic E-state index is 14.0. The Morgan fingerprint density at radius 3 is 2.61 bits per heavy atom. The summed E-state index contributed by atoms with van der Waals surface area (Å²) in [5.41, 5.74) is 5.79.